The van der Waals surface area contributed by atoms with Crippen LogP contribution in [0.25, 0.3) is 0 Å². The van der Waals surface area contributed by atoms with E-state index in [-0.39, 0.29) is 11.4 Å². The Labute approximate surface area is 191 Å². The number of ether oxygens (including phenoxy) is 2. The standard InChI is InChI=1S/C24H18BrNO6/c1-31-16-11-17-20(26-12-16)23(30)19(21(27)28)18(13-5-3-2-4-6-13)24(32-17,22(23)29)14-7-9-15(25)10-8-14/h2-12,18-19,30H,1H3,(H,27,28)/t18-,19-,23-,24?/m1/s1. The van der Waals surface area contributed by atoms with Gasteiger partial charge in [0.2, 0.25) is 11.4 Å². The fraction of sp³-hybridized carbons (Fsp3) is 0.208. The van der Waals surface area contributed by atoms with Crippen molar-refractivity contribution in [1.29, 1.82) is 0 Å². The molecular weight excluding hydrogens is 478 g/mol. The Morgan fingerprint density at radius 1 is 1.16 bits per heavy atom. The zero-order valence-electron chi connectivity index (χ0n) is 16.9. The molecule has 1 unspecified atom stereocenters. The number of pyridine rings is 1. The van der Waals surface area contributed by atoms with E-state index in [4.69, 9.17) is 9.47 Å². The molecule has 0 radical (unpaired) electrons. The van der Waals surface area contributed by atoms with Crippen LogP contribution in [0.2, 0.25) is 0 Å². The number of ketones is 1. The van der Waals surface area contributed by atoms with Crippen LogP contribution >= 0.6 is 15.9 Å². The van der Waals surface area contributed by atoms with Crippen LogP contribution in [-0.2, 0) is 20.8 Å². The van der Waals surface area contributed by atoms with Crippen LogP contribution in [0.15, 0.2) is 71.3 Å². The lowest BCUT2D eigenvalue weighted by Crippen LogP contribution is -2.51. The van der Waals surface area contributed by atoms with E-state index in [2.05, 4.69) is 20.9 Å². The van der Waals surface area contributed by atoms with Crippen molar-refractivity contribution in [3.63, 3.8) is 0 Å². The van der Waals surface area contributed by atoms with E-state index < -0.39 is 34.8 Å². The van der Waals surface area contributed by atoms with E-state index in [0.717, 1.165) is 4.47 Å². The Kier molecular flexibility index (Phi) is 4.61. The molecule has 2 aromatic carbocycles. The number of carboxylic acid groups (broad SMARTS) is 1. The van der Waals surface area contributed by atoms with Crippen molar-refractivity contribution in [3.8, 4) is 11.5 Å². The number of carbonyl (C=O) groups is 2. The van der Waals surface area contributed by atoms with Crippen molar-refractivity contribution in [2.45, 2.75) is 17.1 Å². The molecule has 4 atom stereocenters. The number of benzene rings is 2. The molecule has 1 aliphatic heterocycles. The van der Waals surface area contributed by atoms with E-state index >= 15 is 0 Å². The summed E-state index contributed by atoms with van der Waals surface area (Å²) in [6, 6.07) is 17.2. The van der Waals surface area contributed by atoms with E-state index in [9.17, 15) is 19.8 Å². The molecule has 8 heteroatoms. The van der Waals surface area contributed by atoms with E-state index in [1.807, 2.05) is 0 Å². The topological polar surface area (TPSA) is 106 Å². The zero-order valence-corrected chi connectivity index (χ0v) is 18.4. The van der Waals surface area contributed by atoms with E-state index in [1.54, 1.807) is 54.6 Å². The fourth-order valence-electron chi connectivity index (χ4n) is 4.96. The number of hydrogen-bond acceptors (Lipinski definition) is 6. The Morgan fingerprint density at radius 3 is 2.47 bits per heavy atom. The van der Waals surface area contributed by atoms with Gasteiger partial charge in [-0.1, -0.05) is 58.4 Å². The van der Waals surface area contributed by atoms with Crippen molar-refractivity contribution in [3.05, 3.63) is 88.2 Å². The third-order valence-corrected chi connectivity index (χ3v) is 6.83. The highest BCUT2D eigenvalue weighted by Crippen LogP contribution is 2.64. The minimum Gasteiger partial charge on any atom is -0.495 e. The minimum atomic E-state index is -2.39. The number of hydrogen-bond donors (Lipinski definition) is 2. The Hall–Kier alpha value is -3.23. The first-order valence-corrected chi connectivity index (χ1v) is 10.7. The monoisotopic (exact) mass is 495 g/mol. The maximum Gasteiger partial charge on any atom is 0.311 e. The predicted octanol–water partition coefficient (Wildman–Crippen LogP) is 3.40. The van der Waals surface area contributed by atoms with Gasteiger partial charge in [0, 0.05) is 16.1 Å². The molecule has 0 amide bonds. The maximum absolute atomic E-state index is 14.0. The van der Waals surface area contributed by atoms with Crippen molar-refractivity contribution in [2.24, 2.45) is 5.92 Å². The molecule has 0 spiro atoms. The van der Waals surface area contributed by atoms with Gasteiger partial charge in [-0.3, -0.25) is 9.59 Å². The number of halogens is 1. The lowest BCUT2D eigenvalue weighted by atomic mass is 9.75. The van der Waals surface area contributed by atoms with Gasteiger partial charge >= 0.3 is 5.97 Å². The molecule has 1 fully saturated rings. The third-order valence-electron chi connectivity index (χ3n) is 6.30. The fourth-order valence-corrected chi connectivity index (χ4v) is 5.22. The number of carboxylic acids is 1. The summed E-state index contributed by atoms with van der Waals surface area (Å²) in [5.74, 6) is -4.14. The second kappa shape index (κ2) is 7.15. The number of rotatable bonds is 4. The number of aliphatic hydroxyl groups is 1. The summed E-state index contributed by atoms with van der Waals surface area (Å²) in [6.07, 6.45) is 1.33. The van der Waals surface area contributed by atoms with Gasteiger partial charge < -0.3 is 19.7 Å². The summed E-state index contributed by atoms with van der Waals surface area (Å²) >= 11 is 3.39. The van der Waals surface area contributed by atoms with Crippen molar-refractivity contribution >= 4 is 27.7 Å². The second-order valence-electron chi connectivity index (χ2n) is 7.87. The molecule has 1 aromatic heterocycles. The molecule has 2 N–H and O–H groups in total. The average molecular weight is 496 g/mol. The molecule has 2 aliphatic rings. The summed E-state index contributed by atoms with van der Waals surface area (Å²) in [4.78, 5) is 30.8. The molecule has 1 aliphatic carbocycles. The number of aliphatic carboxylic acids is 1. The molecule has 0 saturated heterocycles. The van der Waals surface area contributed by atoms with Crippen molar-refractivity contribution in [2.75, 3.05) is 7.11 Å². The molecule has 1 saturated carbocycles. The van der Waals surface area contributed by atoms with Crippen LogP contribution in [0.4, 0.5) is 0 Å². The summed E-state index contributed by atoms with van der Waals surface area (Å²) in [6.45, 7) is 0. The Morgan fingerprint density at radius 2 is 1.84 bits per heavy atom. The molecule has 3 aromatic rings. The van der Waals surface area contributed by atoms with Gasteiger partial charge in [-0.25, -0.2) is 4.98 Å². The zero-order chi connectivity index (χ0) is 22.7. The number of methoxy groups -OCH3 is 1. The summed E-state index contributed by atoms with van der Waals surface area (Å²) < 4.78 is 12.4. The maximum atomic E-state index is 14.0. The first-order valence-electron chi connectivity index (χ1n) is 9.88. The highest BCUT2D eigenvalue weighted by atomic mass is 79.9. The molecule has 162 valence electrons. The highest BCUT2D eigenvalue weighted by Gasteiger charge is 2.76. The molecule has 2 heterocycles. The first kappa shape index (κ1) is 20.7. The lowest BCUT2D eigenvalue weighted by Gasteiger charge is -2.38. The van der Waals surface area contributed by atoms with Crippen LogP contribution in [0.3, 0.4) is 0 Å². The Bertz CT molecular complexity index is 1230. The normalized spacial score (nSPS) is 28.0. The van der Waals surface area contributed by atoms with Crippen LogP contribution in [0, 0.1) is 5.92 Å². The second-order valence-corrected chi connectivity index (χ2v) is 8.78. The number of Topliss-reactive ketones (excluding diaryl/α,β-unsaturated/α-hetero) is 1. The SMILES string of the molecule is COc1cnc2c(c1)OC1(c3ccc(Br)cc3)C(=O)[C@@]2(O)[C@@H](C(=O)O)[C@H]1c1ccccc1. The van der Waals surface area contributed by atoms with Crippen LogP contribution in [0.5, 0.6) is 11.5 Å². The number of aromatic nitrogens is 1. The van der Waals surface area contributed by atoms with Crippen LogP contribution in [-0.4, -0.2) is 34.1 Å². The molecule has 2 bridgehead atoms. The summed E-state index contributed by atoms with van der Waals surface area (Å²) in [7, 11) is 1.46. The first-order chi connectivity index (χ1) is 15.3. The molecule has 32 heavy (non-hydrogen) atoms. The summed E-state index contributed by atoms with van der Waals surface area (Å²) in [5, 5.41) is 22.1. The average Bonchev–Trinajstić information content (AvgIpc) is 2.93. The minimum absolute atomic E-state index is 0.110. The third kappa shape index (κ3) is 2.59. The highest BCUT2D eigenvalue weighted by molar-refractivity contribution is 9.10. The van der Waals surface area contributed by atoms with E-state index in [0.29, 0.717) is 16.9 Å². The van der Waals surface area contributed by atoms with Gasteiger partial charge in [0.05, 0.1) is 19.2 Å². The summed E-state index contributed by atoms with van der Waals surface area (Å²) in [5.41, 5.74) is -3.29. The number of carbonyl (C=O) groups excluding carboxylic acids is 1. The largest absolute Gasteiger partial charge is 0.495 e. The van der Waals surface area contributed by atoms with Gasteiger partial charge in [0.1, 0.15) is 23.1 Å². The van der Waals surface area contributed by atoms with Crippen molar-refractivity contribution < 1.29 is 29.3 Å². The predicted molar refractivity (Wildman–Crippen MR) is 116 cm³/mol. The lowest BCUT2D eigenvalue weighted by molar-refractivity contribution is -0.161. The van der Waals surface area contributed by atoms with Gasteiger partial charge in [-0.05, 0) is 17.7 Å². The molecule has 7 nitrogen and oxygen atoms in total. The van der Waals surface area contributed by atoms with Gasteiger partial charge in [-0.15, -0.1) is 0 Å². The Balaban J connectivity index is 1.88. The van der Waals surface area contributed by atoms with Crippen LogP contribution in [0.1, 0.15) is 22.7 Å². The smallest absolute Gasteiger partial charge is 0.311 e. The van der Waals surface area contributed by atoms with E-state index in [1.165, 1.54) is 19.4 Å². The quantitative estimate of drug-likeness (QED) is 0.571. The molecular formula is C24H18BrNO6. The van der Waals surface area contributed by atoms with Gasteiger partial charge in [0.15, 0.2) is 5.60 Å². The number of fused-ring (bicyclic) bond motifs is 4. The van der Waals surface area contributed by atoms with Gasteiger partial charge in [-0.2, -0.15) is 0 Å². The van der Waals surface area contributed by atoms with Crippen molar-refractivity contribution in [1.82, 2.24) is 4.98 Å². The van der Waals surface area contributed by atoms with Gasteiger partial charge in [0.25, 0.3) is 0 Å². The number of nitrogens with zero attached hydrogens (tertiary/aromatic N) is 1. The van der Waals surface area contributed by atoms with Crippen LogP contribution < -0.4 is 9.47 Å². The molecule has 5 rings (SSSR count).